The molecule has 8 nitrogen and oxygen atoms in total. The van der Waals surface area contributed by atoms with Crippen molar-refractivity contribution in [1.82, 2.24) is 10.3 Å². The van der Waals surface area contributed by atoms with E-state index in [2.05, 4.69) is 10.3 Å². The van der Waals surface area contributed by atoms with Crippen molar-refractivity contribution in [3.63, 3.8) is 0 Å². The lowest BCUT2D eigenvalue weighted by Crippen LogP contribution is -2.24. The van der Waals surface area contributed by atoms with Gasteiger partial charge in [-0.05, 0) is 12.0 Å². The SMILES string of the molecule is O=C(NCCC=Cc1cc([N+](=O)[O-])c[nH]c1=O)OCc1ccccc1. The molecule has 0 saturated heterocycles. The van der Waals surface area contributed by atoms with E-state index < -0.39 is 16.6 Å². The van der Waals surface area contributed by atoms with Crippen molar-refractivity contribution < 1.29 is 14.5 Å². The summed E-state index contributed by atoms with van der Waals surface area (Å²) in [5.74, 6) is 0. The van der Waals surface area contributed by atoms with E-state index in [1.54, 1.807) is 6.08 Å². The number of ether oxygens (including phenoxy) is 1. The van der Waals surface area contributed by atoms with Gasteiger partial charge >= 0.3 is 6.09 Å². The van der Waals surface area contributed by atoms with Gasteiger partial charge in [0.1, 0.15) is 6.61 Å². The third-order valence-electron chi connectivity index (χ3n) is 3.22. The molecular formula is C17H17N3O5. The first kappa shape index (κ1) is 17.9. The summed E-state index contributed by atoms with van der Waals surface area (Å²) in [6.07, 6.45) is 4.08. The van der Waals surface area contributed by atoms with Gasteiger partial charge in [-0.3, -0.25) is 14.9 Å². The molecule has 2 rings (SSSR count). The van der Waals surface area contributed by atoms with Gasteiger partial charge in [-0.15, -0.1) is 0 Å². The van der Waals surface area contributed by atoms with Gasteiger partial charge < -0.3 is 15.0 Å². The van der Waals surface area contributed by atoms with Crippen LogP contribution < -0.4 is 10.9 Å². The minimum atomic E-state index is -0.586. The van der Waals surface area contributed by atoms with Gasteiger partial charge in [-0.25, -0.2) is 4.79 Å². The smallest absolute Gasteiger partial charge is 0.407 e. The molecule has 1 amide bonds. The summed E-state index contributed by atoms with van der Waals surface area (Å²) >= 11 is 0. The number of aromatic amines is 1. The summed E-state index contributed by atoms with van der Waals surface area (Å²) in [5.41, 5.74) is 0.460. The van der Waals surface area contributed by atoms with E-state index in [-0.39, 0.29) is 17.9 Å². The van der Waals surface area contributed by atoms with Crippen molar-refractivity contribution in [2.45, 2.75) is 13.0 Å². The largest absolute Gasteiger partial charge is 0.445 e. The highest BCUT2D eigenvalue weighted by Gasteiger charge is 2.07. The van der Waals surface area contributed by atoms with Gasteiger partial charge in [0.05, 0.1) is 11.1 Å². The maximum absolute atomic E-state index is 11.6. The third kappa shape index (κ3) is 5.94. The highest BCUT2D eigenvalue weighted by molar-refractivity contribution is 5.67. The first-order valence-corrected chi connectivity index (χ1v) is 7.54. The maximum atomic E-state index is 11.6. The average molecular weight is 343 g/mol. The number of rotatable bonds is 7. The van der Waals surface area contributed by atoms with Crippen LogP contribution in [0.3, 0.4) is 0 Å². The second-order valence-electron chi connectivity index (χ2n) is 5.08. The van der Waals surface area contributed by atoms with E-state index in [0.29, 0.717) is 13.0 Å². The second-order valence-corrected chi connectivity index (χ2v) is 5.08. The molecule has 1 aromatic heterocycles. The monoisotopic (exact) mass is 343 g/mol. The molecule has 130 valence electrons. The number of aromatic nitrogens is 1. The van der Waals surface area contributed by atoms with Crippen molar-refractivity contribution in [2.75, 3.05) is 6.54 Å². The molecule has 1 aromatic carbocycles. The predicted octanol–water partition coefficient (Wildman–Crippen LogP) is 2.61. The number of nitrogens with one attached hydrogen (secondary N) is 2. The highest BCUT2D eigenvalue weighted by atomic mass is 16.6. The zero-order valence-electron chi connectivity index (χ0n) is 13.3. The minimum Gasteiger partial charge on any atom is -0.445 e. The van der Waals surface area contributed by atoms with E-state index in [4.69, 9.17) is 4.74 Å². The Bertz CT molecular complexity index is 815. The number of alkyl carbamates (subject to hydrolysis) is 1. The molecule has 0 atom stereocenters. The van der Waals surface area contributed by atoms with Crippen LogP contribution >= 0.6 is 0 Å². The van der Waals surface area contributed by atoms with E-state index >= 15 is 0 Å². The molecule has 0 aliphatic rings. The van der Waals surface area contributed by atoms with Gasteiger partial charge in [0.25, 0.3) is 11.2 Å². The summed E-state index contributed by atoms with van der Waals surface area (Å²) in [4.78, 5) is 35.5. The van der Waals surface area contributed by atoms with Crippen LogP contribution in [0, 0.1) is 10.1 Å². The fourth-order valence-electron chi connectivity index (χ4n) is 1.96. The lowest BCUT2D eigenvalue weighted by Gasteiger charge is -2.05. The fourth-order valence-corrected chi connectivity index (χ4v) is 1.96. The zero-order chi connectivity index (χ0) is 18.1. The number of hydrogen-bond acceptors (Lipinski definition) is 5. The Kier molecular flexibility index (Phi) is 6.47. The Balaban J connectivity index is 1.74. The summed E-state index contributed by atoms with van der Waals surface area (Å²) in [5, 5.41) is 13.3. The van der Waals surface area contributed by atoms with Crippen LogP contribution in [0.25, 0.3) is 6.08 Å². The number of H-pyrrole nitrogens is 1. The Morgan fingerprint density at radius 3 is 2.80 bits per heavy atom. The molecule has 0 aliphatic carbocycles. The molecule has 2 aromatic rings. The lowest BCUT2D eigenvalue weighted by atomic mass is 10.2. The van der Waals surface area contributed by atoms with Crippen molar-refractivity contribution in [1.29, 1.82) is 0 Å². The van der Waals surface area contributed by atoms with Gasteiger partial charge in [0.2, 0.25) is 0 Å². The van der Waals surface area contributed by atoms with Crippen molar-refractivity contribution in [3.8, 4) is 0 Å². The molecule has 0 radical (unpaired) electrons. The third-order valence-corrected chi connectivity index (χ3v) is 3.22. The van der Waals surface area contributed by atoms with E-state index in [1.807, 2.05) is 30.3 Å². The summed E-state index contributed by atoms with van der Waals surface area (Å²) in [6, 6.07) is 10.5. The number of pyridine rings is 1. The topological polar surface area (TPSA) is 114 Å². The van der Waals surface area contributed by atoms with Crippen LogP contribution in [0.4, 0.5) is 10.5 Å². The quantitative estimate of drug-likeness (QED) is 0.455. The fraction of sp³-hybridized carbons (Fsp3) is 0.176. The molecule has 0 saturated carbocycles. The molecule has 0 fully saturated rings. The number of nitro groups is 1. The standard InChI is InChI=1S/C17H17N3O5/c21-16-14(10-15(11-19-16)20(23)24)8-4-5-9-18-17(22)25-12-13-6-2-1-3-7-13/h1-4,6-8,10-11H,5,9,12H2,(H,18,22)(H,19,21). The normalized spacial score (nSPS) is 10.6. The number of benzene rings is 1. The molecule has 25 heavy (non-hydrogen) atoms. The van der Waals surface area contributed by atoms with Crippen LogP contribution in [0.1, 0.15) is 17.5 Å². The molecule has 0 aliphatic heterocycles. The first-order chi connectivity index (χ1) is 12.1. The van der Waals surface area contributed by atoms with E-state index in [1.165, 1.54) is 12.1 Å². The molecule has 1 heterocycles. The maximum Gasteiger partial charge on any atom is 0.407 e. The number of hydrogen-bond donors (Lipinski definition) is 2. The average Bonchev–Trinajstić information content (AvgIpc) is 2.61. The molecular weight excluding hydrogens is 326 g/mol. The highest BCUT2D eigenvalue weighted by Crippen LogP contribution is 2.09. The minimum absolute atomic E-state index is 0.181. The van der Waals surface area contributed by atoms with Crippen molar-refractivity contribution in [2.24, 2.45) is 0 Å². The zero-order valence-corrected chi connectivity index (χ0v) is 13.3. The van der Waals surface area contributed by atoms with Crippen LogP contribution in [0.2, 0.25) is 0 Å². The Morgan fingerprint density at radius 1 is 1.32 bits per heavy atom. The molecule has 0 spiro atoms. The predicted molar refractivity (Wildman–Crippen MR) is 92.0 cm³/mol. The van der Waals surface area contributed by atoms with Gasteiger partial charge in [0, 0.05) is 18.2 Å². The van der Waals surface area contributed by atoms with Crippen molar-refractivity contribution >= 4 is 17.9 Å². The summed E-state index contributed by atoms with van der Waals surface area (Å²) in [6.45, 7) is 0.503. The Hall–Kier alpha value is -3.42. The second kappa shape index (κ2) is 9.02. The van der Waals surface area contributed by atoms with Gasteiger partial charge in [0.15, 0.2) is 0 Å². The Morgan fingerprint density at radius 2 is 2.08 bits per heavy atom. The molecule has 0 unspecified atom stereocenters. The Labute approximate surface area is 143 Å². The van der Waals surface area contributed by atoms with Crippen LogP contribution in [0.15, 0.2) is 53.5 Å². The molecule has 2 N–H and O–H groups in total. The van der Waals surface area contributed by atoms with Crippen LogP contribution in [0.5, 0.6) is 0 Å². The van der Waals surface area contributed by atoms with Crippen molar-refractivity contribution in [3.05, 3.63) is 80.3 Å². The number of carbonyl (C=O) groups excluding carboxylic acids is 1. The molecule has 8 heteroatoms. The van der Waals surface area contributed by atoms with Gasteiger partial charge in [-0.2, -0.15) is 0 Å². The number of carbonyl (C=O) groups is 1. The van der Waals surface area contributed by atoms with E-state index in [0.717, 1.165) is 11.8 Å². The first-order valence-electron chi connectivity index (χ1n) is 7.54. The van der Waals surface area contributed by atoms with Crippen LogP contribution in [-0.4, -0.2) is 22.5 Å². The van der Waals surface area contributed by atoms with Crippen LogP contribution in [-0.2, 0) is 11.3 Å². The summed E-state index contributed by atoms with van der Waals surface area (Å²) < 4.78 is 5.05. The summed E-state index contributed by atoms with van der Waals surface area (Å²) in [7, 11) is 0. The van der Waals surface area contributed by atoms with E-state index in [9.17, 15) is 19.7 Å². The van der Waals surface area contributed by atoms with Gasteiger partial charge in [-0.1, -0.05) is 42.5 Å². The number of amides is 1. The molecule has 0 bridgehead atoms. The number of nitrogens with zero attached hydrogens (tertiary/aromatic N) is 1. The lowest BCUT2D eigenvalue weighted by molar-refractivity contribution is -0.385.